The molecule has 4 heterocycles. The van der Waals surface area contributed by atoms with Crippen molar-refractivity contribution < 1.29 is 9.59 Å². The third kappa shape index (κ3) is 4.31. The van der Waals surface area contributed by atoms with E-state index in [9.17, 15) is 9.59 Å². The fourth-order valence-corrected chi connectivity index (χ4v) is 5.61. The summed E-state index contributed by atoms with van der Waals surface area (Å²) in [4.78, 5) is 35.9. The van der Waals surface area contributed by atoms with Crippen LogP contribution in [0.4, 0.5) is 11.4 Å². The predicted molar refractivity (Wildman–Crippen MR) is 132 cm³/mol. The number of anilines is 2. The summed E-state index contributed by atoms with van der Waals surface area (Å²) < 4.78 is 4.51. The van der Waals surface area contributed by atoms with Gasteiger partial charge in [-0.1, -0.05) is 17.7 Å². The highest BCUT2D eigenvalue weighted by Crippen LogP contribution is 2.37. The second-order valence-corrected chi connectivity index (χ2v) is 9.84. The first kappa shape index (κ1) is 21.8. The number of carbonyl (C=O) groups is 2. The van der Waals surface area contributed by atoms with Crippen LogP contribution in [0.1, 0.15) is 47.3 Å². The Morgan fingerprint density at radius 1 is 1.03 bits per heavy atom. The second-order valence-electron chi connectivity index (χ2n) is 9.08. The molecule has 0 spiro atoms. The number of hydrogen-bond donors (Lipinski definition) is 1. The van der Waals surface area contributed by atoms with Gasteiger partial charge in [0.2, 0.25) is 5.91 Å². The van der Waals surface area contributed by atoms with Gasteiger partial charge in [-0.15, -0.1) is 0 Å². The number of nitrogens with zero attached hydrogens (tertiary/aromatic N) is 4. The molecule has 8 heteroatoms. The Morgan fingerprint density at radius 3 is 2.42 bits per heavy atom. The van der Waals surface area contributed by atoms with Gasteiger partial charge in [0.15, 0.2) is 0 Å². The number of hydrogen-bond acceptors (Lipinski definition) is 6. The zero-order valence-corrected chi connectivity index (χ0v) is 20.0. The number of carbonyl (C=O) groups excluding carboxylic acids is 2. The molecule has 33 heavy (non-hydrogen) atoms. The van der Waals surface area contributed by atoms with Crippen molar-refractivity contribution in [2.24, 2.45) is 5.92 Å². The molecule has 0 atom stereocenters. The van der Waals surface area contributed by atoms with E-state index in [2.05, 4.69) is 19.6 Å². The molecule has 3 aromatic rings. The number of fused-ring (bicyclic) bond motifs is 1. The molecule has 1 aromatic carbocycles. The lowest BCUT2D eigenvalue weighted by Gasteiger charge is -2.34. The van der Waals surface area contributed by atoms with Gasteiger partial charge >= 0.3 is 0 Å². The maximum atomic E-state index is 13.4. The molecule has 2 aliphatic heterocycles. The Bertz CT molecular complexity index is 1180. The highest BCUT2D eigenvalue weighted by Gasteiger charge is 2.31. The van der Waals surface area contributed by atoms with Gasteiger partial charge in [0.1, 0.15) is 4.83 Å². The number of amides is 2. The number of likely N-dealkylation sites (tertiary alicyclic amines) is 1. The van der Waals surface area contributed by atoms with Gasteiger partial charge < -0.3 is 15.1 Å². The highest BCUT2D eigenvalue weighted by atomic mass is 32.1. The summed E-state index contributed by atoms with van der Waals surface area (Å²) in [6.07, 6.45) is 5.33. The van der Waals surface area contributed by atoms with E-state index in [1.165, 1.54) is 17.1 Å². The number of benzene rings is 1. The lowest BCUT2D eigenvalue weighted by Crippen LogP contribution is -2.39. The summed E-state index contributed by atoms with van der Waals surface area (Å²) >= 11 is 1.38. The zero-order valence-electron chi connectivity index (χ0n) is 19.1. The number of rotatable bonds is 4. The van der Waals surface area contributed by atoms with E-state index in [1.807, 2.05) is 43.0 Å². The molecule has 0 unspecified atom stereocenters. The van der Waals surface area contributed by atoms with E-state index in [0.717, 1.165) is 79.1 Å². The molecule has 7 nitrogen and oxygen atoms in total. The molecular weight excluding hydrogens is 434 g/mol. The molecule has 2 aliphatic rings. The SMILES string of the molecule is Cc1ccc(NC(=O)C2CCN(c3c(C(=O)N4CCCC4)cnc4snc(C)c34)CC2)cc1. The van der Waals surface area contributed by atoms with E-state index in [4.69, 9.17) is 0 Å². The van der Waals surface area contributed by atoms with Crippen molar-refractivity contribution in [3.8, 4) is 0 Å². The van der Waals surface area contributed by atoms with E-state index in [0.29, 0.717) is 5.56 Å². The molecule has 0 radical (unpaired) electrons. The van der Waals surface area contributed by atoms with Crippen LogP contribution in [0.3, 0.4) is 0 Å². The molecule has 2 amide bonds. The van der Waals surface area contributed by atoms with Gasteiger partial charge in [-0.25, -0.2) is 4.98 Å². The smallest absolute Gasteiger partial charge is 0.257 e. The Morgan fingerprint density at radius 2 is 1.73 bits per heavy atom. The van der Waals surface area contributed by atoms with Crippen LogP contribution < -0.4 is 10.2 Å². The van der Waals surface area contributed by atoms with Crippen molar-refractivity contribution in [2.45, 2.75) is 39.5 Å². The monoisotopic (exact) mass is 463 g/mol. The first-order valence-corrected chi connectivity index (χ1v) is 12.5. The molecule has 2 saturated heterocycles. The molecule has 5 rings (SSSR count). The molecule has 2 fully saturated rings. The minimum Gasteiger partial charge on any atom is -0.370 e. The summed E-state index contributed by atoms with van der Waals surface area (Å²) in [5.41, 5.74) is 4.52. The largest absolute Gasteiger partial charge is 0.370 e. The van der Waals surface area contributed by atoms with Gasteiger partial charge in [0.05, 0.1) is 22.3 Å². The normalized spacial score (nSPS) is 17.0. The minimum absolute atomic E-state index is 0.0423. The first-order valence-electron chi connectivity index (χ1n) is 11.7. The standard InChI is InChI=1S/C25H29N5O2S/c1-16-5-7-19(8-6-16)27-23(31)18-9-13-29(14-10-18)22-20(25(32)30-11-3-4-12-30)15-26-24-21(22)17(2)28-33-24/h5-8,15,18H,3-4,9-14H2,1-2H3,(H,27,31). The van der Waals surface area contributed by atoms with E-state index < -0.39 is 0 Å². The maximum absolute atomic E-state index is 13.4. The fraction of sp³-hybridized carbons (Fsp3) is 0.440. The maximum Gasteiger partial charge on any atom is 0.257 e. The van der Waals surface area contributed by atoms with Crippen molar-refractivity contribution in [3.05, 3.63) is 47.3 Å². The third-order valence-electron chi connectivity index (χ3n) is 6.77. The summed E-state index contributed by atoms with van der Waals surface area (Å²) in [7, 11) is 0. The Labute approximate surface area is 198 Å². The van der Waals surface area contributed by atoms with Gasteiger partial charge in [0.25, 0.3) is 5.91 Å². The Kier molecular flexibility index (Phi) is 6.01. The number of pyridine rings is 1. The minimum atomic E-state index is -0.0423. The lowest BCUT2D eigenvalue weighted by molar-refractivity contribution is -0.120. The van der Waals surface area contributed by atoms with Crippen LogP contribution in [0.5, 0.6) is 0 Å². The first-order chi connectivity index (χ1) is 16.0. The molecule has 0 bridgehead atoms. The van der Waals surface area contributed by atoms with Gasteiger partial charge in [-0.2, -0.15) is 4.37 Å². The number of aromatic nitrogens is 2. The summed E-state index contributed by atoms with van der Waals surface area (Å²) in [6.45, 7) is 7.07. The van der Waals surface area contributed by atoms with Crippen molar-refractivity contribution in [1.29, 1.82) is 0 Å². The van der Waals surface area contributed by atoms with Crippen LogP contribution >= 0.6 is 11.5 Å². The molecular formula is C25H29N5O2S. The van der Waals surface area contributed by atoms with Gasteiger partial charge in [0, 0.05) is 44.0 Å². The second kappa shape index (κ2) is 9.09. The van der Waals surface area contributed by atoms with Crippen LogP contribution in [-0.4, -0.2) is 52.3 Å². The highest BCUT2D eigenvalue weighted by molar-refractivity contribution is 7.13. The lowest BCUT2D eigenvalue weighted by atomic mass is 9.94. The van der Waals surface area contributed by atoms with Crippen LogP contribution in [0.2, 0.25) is 0 Å². The number of piperidine rings is 1. The van der Waals surface area contributed by atoms with E-state index in [-0.39, 0.29) is 17.7 Å². The van der Waals surface area contributed by atoms with Crippen LogP contribution in [-0.2, 0) is 4.79 Å². The van der Waals surface area contributed by atoms with Gasteiger partial charge in [-0.05, 0) is 63.2 Å². The number of aryl methyl sites for hydroxylation is 2. The average molecular weight is 464 g/mol. The van der Waals surface area contributed by atoms with Crippen molar-refractivity contribution in [2.75, 3.05) is 36.4 Å². The quantitative estimate of drug-likeness (QED) is 0.621. The Balaban J connectivity index is 1.37. The van der Waals surface area contributed by atoms with Gasteiger partial charge in [-0.3, -0.25) is 9.59 Å². The van der Waals surface area contributed by atoms with E-state index in [1.54, 1.807) is 6.20 Å². The van der Waals surface area contributed by atoms with E-state index >= 15 is 0 Å². The summed E-state index contributed by atoms with van der Waals surface area (Å²) in [5, 5.41) is 4.04. The Hall–Kier alpha value is -3.00. The van der Waals surface area contributed by atoms with Crippen molar-refractivity contribution in [3.63, 3.8) is 0 Å². The summed E-state index contributed by atoms with van der Waals surface area (Å²) in [5.74, 6) is 0.0844. The predicted octanol–water partition coefficient (Wildman–Crippen LogP) is 4.40. The molecule has 1 N–H and O–H groups in total. The topological polar surface area (TPSA) is 78.4 Å². The molecule has 0 saturated carbocycles. The average Bonchev–Trinajstić information content (AvgIpc) is 3.50. The third-order valence-corrected chi connectivity index (χ3v) is 7.62. The number of nitrogens with one attached hydrogen (secondary N) is 1. The van der Waals surface area contributed by atoms with Crippen LogP contribution in [0.15, 0.2) is 30.5 Å². The van der Waals surface area contributed by atoms with Crippen molar-refractivity contribution in [1.82, 2.24) is 14.3 Å². The fourth-order valence-electron chi connectivity index (χ4n) is 4.86. The van der Waals surface area contributed by atoms with Crippen LogP contribution in [0, 0.1) is 19.8 Å². The van der Waals surface area contributed by atoms with Crippen LogP contribution in [0.25, 0.3) is 10.2 Å². The zero-order chi connectivity index (χ0) is 22.9. The molecule has 2 aromatic heterocycles. The summed E-state index contributed by atoms with van der Waals surface area (Å²) in [6, 6.07) is 7.89. The van der Waals surface area contributed by atoms with Crippen molar-refractivity contribution >= 4 is 44.9 Å². The molecule has 0 aliphatic carbocycles. The molecule has 172 valence electrons.